The van der Waals surface area contributed by atoms with Crippen molar-refractivity contribution < 1.29 is 8.42 Å². The third-order valence-electron chi connectivity index (χ3n) is 3.19. The molecule has 102 valence electrons. The Bertz CT molecular complexity index is 808. The SMILES string of the molecule is CC(c1nc2ccccc2[nH]1)S(=O)(=O)c1ccccn1. The Morgan fingerprint density at radius 1 is 1.10 bits per heavy atom. The van der Waals surface area contributed by atoms with Gasteiger partial charge in [-0.25, -0.2) is 18.4 Å². The molecule has 0 saturated carbocycles. The summed E-state index contributed by atoms with van der Waals surface area (Å²) >= 11 is 0. The summed E-state index contributed by atoms with van der Waals surface area (Å²) in [5.74, 6) is 0.428. The Morgan fingerprint density at radius 2 is 1.85 bits per heavy atom. The third-order valence-corrected chi connectivity index (χ3v) is 5.17. The van der Waals surface area contributed by atoms with Crippen molar-refractivity contribution in [1.82, 2.24) is 15.0 Å². The molecule has 1 atom stereocenters. The van der Waals surface area contributed by atoms with Gasteiger partial charge in [-0.1, -0.05) is 18.2 Å². The van der Waals surface area contributed by atoms with Gasteiger partial charge < -0.3 is 4.98 Å². The maximum Gasteiger partial charge on any atom is 0.205 e. The molecule has 6 heteroatoms. The van der Waals surface area contributed by atoms with E-state index in [1.54, 1.807) is 19.1 Å². The van der Waals surface area contributed by atoms with E-state index in [9.17, 15) is 8.42 Å². The predicted molar refractivity (Wildman–Crippen MR) is 75.9 cm³/mol. The highest BCUT2D eigenvalue weighted by Gasteiger charge is 2.28. The number of imidazole rings is 1. The number of sulfone groups is 1. The molecule has 20 heavy (non-hydrogen) atoms. The smallest absolute Gasteiger partial charge is 0.205 e. The van der Waals surface area contributed by atoms with Gasteiger partial charge in [0.05, 0.1) is 11.0 Å². The van der Waals surface area contributed by atoms with Gasteiger partial charge in [-0.3, -0.25) is 0 Å². The van der Waals surface area contributed by atoms with Crippen LogP contribution in [-0.2, 0) is 9.84 Å². The summed E-state index contributed by atoms with van der Waals surface area (Å²) in [5, 5.41) is -0.710. The monoisotopic (exact) mass is 287 g/mol. The van der Waals surface area contributed by atoms with Crippen LogP contribution < -0.4 is 0 Å². The highest BCUT2D eigenvalue weighted by Crippen LogP contribution is 2.26. The minimum Gasteiger partial charge on any atom is -0.341 e. The number of aromatic amines is 1. The molecule has 0 aliphatic heterocycles. The first kappa shape index (κ1) is 12.8. The van der Waals surface area contributed by atoms with Crippen LogP contribution in [-0.4, -0.2) is 23.4 Å². The van der Waals surface area contributed by atoms with Crippen molar-refractivity contribution in [3.63, 3.8) is 0 Å². The number of nitrogens with zero attached hydrogens (tertiary/aromatic N) is 2. The number of para-hydroxylation sites is 2. The van der Waals surface area contributed by atoms with E-state index in [2.05, 4.69) is 15.0 Å². The van der Waals surface area contributed by atoms with Crippen LogP contribution >= 0.6 is 0 Å². The minimum absolute atomic E-state index is 0.0629. The lowest BCUT2D eigenvalue weighted by Gasteiger charge is -2.09. The van der Waals surface area contributed by atoms with Crippen LogP contribution in [0.4, 0.5) is 0 Å². The van der Waals surface area contributed by atoms with Gasteiger partial charge in [0.1, 0.15) is 11.1 Å². The number of hydrogen-bond donors (Lipinski definition) is 1. The van der Waals surface area contributed by atoms with Gasteiger partial charge in [0.25, 0.3) is 0 Å². The van der Waals surface area contributed by atoms with Crippen LogP contribution in [0.25, 0.3) is 11.0 Å². The molecule has 2 aromatic heterocycles. The summed E-state index contributed by atoms with van der Waals surface area (Å²) in [6.45, 7) is 1.61. The fourth-order valence-electron chi connectivity index (χ4n) is 2.01. The summed E-state index contributed by atoms with van der Waals surface area (Å²) in [7, 11) is -3.54. The fourth-order valence-corrected chi connectivity index (χ4v) is 3.25. The number of H-pyrrole nitrogens is 1. The largest absolute Gasteiger partial charge is 0.341 e. The zero-order chi connectivity index (χ0) is 14.2. The fraction of sp³-hybridized carbons (Fsp3) is 0.143. The second-order valence-electron chi connectivity index (χ2n) is 4.49. The Hall–Kier alpha value is -2.21. The summed E-state index contributed by atoms with van der Waals surface area (Å²) in [6, 6.07) is 12.3. The molecule has 0 bridgehead atoms. The highest BCUT2D eigenvalue weighted by atomic mass is 32.2. The van der Waals surface area contributed by atoms with Crippen molar-refractivity contribution in [3.05, 3.63) is 54.5 Å². The average Bonchev–Trinajstić information content (AvgIpc) is 2.91. The van der Waals surface area contributed by atoms with Gasteiger partial charge in [0.2, 0.25) is 9.84 Å². The Kier molecular flexibility index (Phi) is 3.02. The van der Waals surface area contributed by atoms with E-state index in [0.717, 1.165) is 11.0 Å². The van der Waals surface area contributed by atoms with Gasteiger partial charge in [0.15, 0.2) is 5.03 Å². The lowest BCUT2D eigenvalue weighted by molar-refractivity contribution is 0.580. The van der Waals surface area contributed by atoms with Gasteiger partial charge in [-0.2, -0.15) is 0 Å². The molecule has 5 nitrogen and oxygen atoms in total. The molecule has 0 aliphatic rings. The molecule has 0 spiro atoms. The normalized spacial score (nSPS) is 13.4. The predicted octanol–water partition coefficient (Wildman–Crippen LogP) is 2.49. The van der Waals surface area contributed by atoms with E-state index in [-0.39, 0.29) is 5.03 Å². The van der Waals surface area contributed by atoms with E-state index in [1.807, 2.05) is 24.3 Å². The molecule has 3 aromatic rings. The van der Waals surface area contributed by atoms with E-state index < -0.39 is 15.1 Å². The first-order valence-corrected chi connectivity index (χ1v) is 7.73. The summed E-state index contributed by atoms with van der Waals surface area (Å²) in [4.78, 5) is 11.3. The lowest BCUT2D eigenvalue weighted by atomic mass is 10.3. The molecule has 0 fully saturated rings. The molecule has 1 unspecified atom stereocenters. The second-order valence-corrected chi connectivity index (χ2v) is 6.71. The number of fused-ring (bicyclic) bond motifs is 1. The lowest BCUT2D eigenvalue weighted by Crippen LogP contribution is -2.13. The minimum atomic E-state index is -3.54. The Morgan fingerprint density at radius 3 is 2.55 bits per heavy atom. The summed E-state index contributed by atoms with van der Waals surface area (Å²) < 4.78 is 25.0. The van der Waals surface area contributed by atoms with Crippen LogP contribution in [0.15, 0.2) is 53.7 Å². The number of hydrogen-bond acceptors (Lipinski definition) is 4. The van der Waals surface area contributed by atoms with Crippen molar-refractivity contribution in [2.75, 3.05) is 0 Å². The van der Waals surface area contributed by atoms with Crippen molar-refractivity contribution in [2.45, 2.75) is 17.2 Å². The first-order chi connectivity index (χ1) is 9.59. The van der Waals surface area contributed by atoms with Gasteiger partial charge in [-0.05, 0) is 31.2 Å². The molecule has 1 N–H and O–H groups in total. The molecule has 2 heterocycles. The van der Waals surface area contributed by atoms with Crippen LogP contribution in [0, 0.1) is 0 Å². The van der Waals surface area contributed by atoms with E-state index in [4.69, 9.17) is 0 Å². The van der Waals surface area contributed by atoms with E-state index in [1.165, 1.54) is 12.3 Å². The number of nitrogens with one attached hydrogen (secondary N) is 1. The number of benzene rings is 1. The number of pyridine rings is 1. The topological polar surface area (TPSA) is 75.7 Å². The quantitative estimate of drug-likeness (QED) is 0.803. The van der Waals surface area contributed by atoms with Crippen LogP contribution in [0.1, 0.15) is 18.0 Å². The maximum atomic E-state index is 12.5. The van der Waals surface area contributed by atoms with Gasteiger partial charge in [-0.15, -0.1) is 0 Å². The maximum absolute atomic E-state index is 12.5. The molecule has 3 rings (SSSR count). The highest BCUT2D eigenvalue weighted by molar-refractivity contribution is 7.91. The van der Waals surface area contributed by atoms with Crippen molar-refractivity contribution >= 4 is 20.9 Å². The molecule has 0 saturated heterocycles. The van der Waals surface area contributed by atoms with Crippen molar-refractivity contribution in [3.8, 4) is 0 Å². The van der Waals surface area contributed by atoms with E-state index in [0.29, 0.717) is 5.82 Å². The first-order valence-electron chi connectivity index (χ1n) is 6.18. The molecule has 0 amide bonds. The Balaban J connectivity index is 2.06. The van der Waals surface area contributed by atoms with Crippen LogP contribution in [0.2, 0.25) is 0 Å². The van der Waals surface area contributed by atoms with Gasteiger partial charge >= 0.3 is 0 Å². The molecule has 0 aliphatic carbocycles. The zero-order valence-electron chi connectivity index (χ0n) is 10.8. The second kappa shape index (κ2) is 4.72. The standard InChI is InChI=1S/C14H13N3O2S/c1-10(20(18,19)13-8-4-5-9-15-13)14-16-11-6-2-3-7-12(11)17-14/h2-10H,1H3,(H,16,17). The van der Waals surface area contributed by atoms with Crippen LogP contribution in [0.3, 0.4) is 0 Å². The third kappa shape index (κ3) is 2.08. The number of aromatic nitrogens is 3. The summed E-state index contributed by atoms with van der Waals surface area (Å²) in [5.41, 5.74) is 1.58. The van der Waals surface area contributed by atoms with Crippen molar-refractivity contribution in [2.24, 2.45) is 0 Å². The molecule has 1 aromatic carbocycles. The average molecular weight is 287 g/mol. The van der Waals surface area contributed by atoms with Crippen LogP contribution in [0.5, 0.6) is 0 Å². The van der Waals surface area contributed by atoms with Crippen molar-refractivity contribution in [1.29, 1.82) is 0 Å². The zero-order valence-corrected chi connectivity index (χ0v) is 11.6. The van der Waals surface area contributed by atoms with Gasteiger partial charge in [0, 0.05) is 6.20 Å². The Labute approximate surface area is 116 Å². The summed E-state index contributed by atoms with van der Waals surface area (Å²) in [6.07, 6.45) is 1.47. The number of rotatable bonds is 3. The molecular formula is C14H13N3O2S. The molecular weight excluding hydrogens is 274 g/mol. The van der Waals surface area contributed by atoms with E-state index >= 15 is 0 Å². The molecule has 0 radical (unpaired) electrons.